The summed E-state index contributed by atoms with van der Waals surface area (Å²) in [6.07, 6.45) is 1.18. The lowest BCUT2D eigenvalue weighted by molar-refractivity contribution is -0.143. The summed E-state index contributed by atoms with van der Waals surface area (Å²) < 4.78 is 0. The van der Waals surface area contributed by atoms with E-state index in [0.29, 0.717) is 19.4 Å². The minimum atomic E-state index is -0.910. The van der Waals surface area contributed by atoms with Crippen molar-refractivity contribution in [2.45, 2.75) is 12.8 Å². The van der Waals surface area contributed by atoms with Gasteiger partial charge in [-0.05, 0) is 25.0 Å². The van der Waals surface area contributed by atoms with Gasteiger partial charge in [-0.2, -0.15) is 0 Å². The Morgan fingerprint density at radius 2 is 2.00 bits per heavy atom. The van der Waals surface area contributed by atoms with Crippen LogP contribution in [0.25, 0.3) is 0 Å². The topological polar surface area (TPSA) is 98.1 Å². The predicted octanol–water partition coefficient (Wildman–Crippen LogP) is 1.03. The summed E-state index contributed by atoms with van der Waals surface area (Å²) in [6, 6.07) is 3.73. The van der Waals surface area contributed by atoms with Crippen LogP contribution in [-0.2, 0) is 4.79 Å². The number of phenolic OH excluding ortho intramolecular Hbond substituents is 2. The Balaban J connectivity index is 2.17. The fourth-order valence-corrected chi connectivity index (χ4v) is 2.23. The van der Waals surface area contributed by atoms with Crippen LogP contribution in [0.5, 0.6) is 11.5 Å². The Labute approximate surface area is 109 Å². The first-order valence-corrected chi connectivity index (χ1v) is 6.03. The highest BCUT2D eigenvalue weighted by Gasteiger charge is 2.29. The summed E-state index contributed by atoms with van der Waals surface area (Å²) >= 11 is 0. The van der Waals surface area contributed by atoms with Crippen molar-refractivity contribution in [3.63, 3.8) is 0 Å². The average molecular weight is 265 g/mol. The molecule has 102 valence electrons. The van der Waals surface area contributed by atoms with E-state index in [-0.39, 0.29) is 23.6 Å². The summed E-state index contributed by atoms with van der Waals surface area (Å²) in [5.74, 6) is -2.31. The Morgan fingerprint density at radius 1 is 1.26 bits per heavy atom. The molecular weight excluding hydrogens is 250 g/mol. The van der Waals surface area contributed by atoms with E-state index in [0.717, 1.165) is 6.07 Å². The molecule has 1 aliphatic heterocycles. The molecule has 0 unspecified atom stereocenters. The minimum absolute atomic E-state index is 0.0730. The SMILES string of the molecule is O=C(O)[C@@H]1CCCN(C(=O)c2ccc(O)cc2O)C1. The molecular formula is C13H15NO5. The Kier molecular flexibility index (Phi) is 3.59. The number of nitrogens with zero attached hydrogens (tertiary/aromatic N) is 1. The smallest absolute Gasteiger partial charge is 0.308 e. The van der Waals surface area contributed by atoms with Crippen molar-refractivity contribution in [1.82, 2.24) is 4.90 Å². The molecule has 1 aromatic rings. The van der Waals surface area contributed by atoms with Gasteiger partial charge in [-0.3, -0.25) is 9.59 Å². The van der Waals surface area contributed by atoms with E-state index in [1.165, 1.54) is 17.0 Å². The number of carbonyl (C=O) groups excluding carboxylic acids is 1. The highest BCUT2D eigenvalue weighted by Crippen LogP contribution is 2.26. The number of hydrogen-bond donors (Lipinski definition) is 3. The molecule has 0 radical (unpaired) electrons. The quantitative estimate of drug-likeness (QED) is 0.742. The van der Waals surface area contributed by atoms with Crippen LogP contribution >= 0.6 is 0 Å². The van der Waals surface area contributed by atoms with Crippen molar-refractivity contribution in [3.8, 4) is 11.5 Å². The van der Waals surface area contributed by atoms with Crippen LogP contribution in [0, 0.1) is 5.92 Å². The fraction of sp³-hybridized carbons (Fsp3) is 0.385. The highest BCUT2D eigenvalue weighted by molar-refractivity contribution is 5.97. The standard InChI is InChI=1S/C13H15NO5/c15-9-3-4-10(11(16)6-9)12(17)14-5-1-2-8(7-14)13(18)19/h3-4,6,8,15-16H,1-2,5,7H2,(H,18,19)/t8-/m1/s1. The number of carboxylic acid groups (broad SMARTS) is 1. The number of likely N-dealkylation sites (tertiary alicyclic amines) is 1. The van der Waals surface area contributed by atoms with Gasteiger partial charge in [0.15, 0.2) is 0 Å². The number of amides is 1. The molecule has 3 N–H and O–H groups in total. The molecule has 1 aliphatic rings. The number of carbonyl (C=O) groups is 2. The summed E-state index contributed by atoms with van der Waals surface area (Å²) in [4.78, 5) is 24.6. The molecule has 1 amide bonds. The molecule has 6 heteroatoms. The van der Waals surface area contributed by atoms with Crippen molar-refractivity contribution in [2.24, 2.45) is 5.92 Å². The molecule has 1 atom stereocenters. The maximum absolute atomic E-state index is 12.2. The third-order valence-corrected chi connectivity index (χ3v) is 3.27. The summed E-state index contributed by atoms with van der Waals surface area (Å²) in [7, 11) is 0. The van der Waals surface area contributed by atoms with Crippen LogP contribution in [0.4, 0.5) is 0 Å². The van der Waals surface area contributed by atoms with E-state index in [2.05, 4.69) is 0 Å². The fourth-order valence-electron chi connectivity index (χ4n) is 2.23. The number of rotatable bonds is 2. The third-order valence-electron chi connectivity index (χ3n) is 3.27. The van der Waals surface area contributed by atoms with Crippen LogP contribution in [-0.4, -0.2) is 45.2 Å². The maximum atomic E-state index is 12.2. The molecule has 0 aliphatic carbocycles. The first-order chi connectivity index (χ1) is 8.99. The van der Waals surface area contributed by atoms with Crippen molar-refractivity contribution in [2.75, 3.05) is 13.1 Å². The largest absolute Gasteiger partial charge is 0.508 e. The van der Waals surface area contributed by atoms with Gasteiger partial charge >= 0.3 is 5.97 Å². The Morgan fingerprint density at radius 3 is 2.63 bits per heavy atom. The minimum Gasteiger partial charge on any atom is -0.508 e. The average Bonchev–Trinajstić information content (AvgIpc) is 2.38. The zero-order chi connectivity index (χ0) is 14.0. The van der Waals surface area contributed by atoms with Gasteiger partial charge < -0.3 is 20.2 Å². The molecule has 1 fully saturated rings. The lowest BCUT2D eigenvalue weighted by Crippen LogP contribution is -2.42. The molecule has 6 nitrogen and oxygen atoms in total. The van der Waals surface area contributed by atoms with E-state index in [1.54, 1.807) is 0 Å². The van der Waals surface area contributed by atoms with Crippen LogP contribution in [0.15, 0.2) is 18.2 Å². The Bertz CT molecular complexity index is 514. The Hall–Kier alpha value is -2.24. The van der Waals surface area contributed by atoms with Crippen molar-refractivity contribution >= 4 is 11.9 Å². The zero-order valence-corrected chi connectivity index (χ0v) is 10.2. The van der Waals surface area contributed by atoms with E-state index >= 15 is 0 Å². The lowest BCUT2D eigenvalue weighted by atomic mass is 9.97. The van der Waals surface area contributed by atoms with Gasteiger partial charge in [-0.15, -0.1) is 0 Å². The molecule has 19 heavy (non-hydrogen) atoms. The number of phenols is 2. The molecule has 1 saturated heterocycles. The molecule has 0 bridgehead atoms. The maximum Gasteiger partial charge on any atom is 0.308 e. The van der Waals surface area contributed by atoms with Gasteiger partial charge in [0.25, 0.3) is 5.91 Å². The second-order valence-corrected chi connectivity index (χ2v) is 4.63. The third kappa shape index (κ3) is 2.78. The van der Waals surface area contributed by atoms with Gasteiger partial charge in [-0.25, -0.2) is 0 Å². The van der Waals surface area contributed by atoms with Gasteiger partial charge in [-0.1, -0.05) is 0 Å². The summed E-state index contributed by atoms with van der Waals surface area (Å²) in [6.45, 7) is 0.622. The molecule has 2 rings (SSSR count). The van der Waals surface area contributed by atoms with Crippen molar-refractivity contribution < 1.29 is 24.9 Å². The van der Waals surface area contributed by atoms with E-state index < -0.39 is 17.8 Å². The summed E-state index contributed by atoms with van der Waals surface area (Å²) in [5.41, 5.74) is 0.0730. The molecule has 0 spiro atoms. The van der Waals surface area contributed by atoms with Crippen LogP contribution < -0.4 is 0 Å². The first-order valence-electron chi connectivity index (χ1n) is 6.03. The van der Waals surface area contributed by atoms with Gasteiger partial charge in [0, 0.05) is 19.2 Å². The van der Waals surface area contributed by atoms with Crippen molar-refractivity contribution in [3.05, 3.63) is 23.8 Å². The van der Waals surface area contributed by atoms with E-state index in [1.807, 2.05) is 0 Å². The van der Waals surface area contributed by atoms with Crippen LogP contribution in [0.1, 0.15) is 23.2 Å². The van der Waals surface area contributed by atoms with E-state index in [9.17, 15) is 19.8 Å². The predicted molar refractivity (Wildman–Crippen MR) is 66.0 cm³/mol. The number of benzene rings is 1. The monoisotopic (exact) mass is 265 g/mol. The number of piperidine rings is 1. The normalized spacial score (nSPS) is 19.2. The molecule has 0 aromatic heterocycles. The lowest BCUT2D eigenvalue weighted by Gasteiger charge is -2.30. The van der Waals surface area contributed by atoms with E-state index in [4.69, 9.17) is 5.11 Å². The molecule has 1 aromatic carbocycles. The molecule has 0 saturated carbocycles. The summed E-state index contributed by atoms with van der Waals surface area (Å²) in [5, 5.41) is 27.8. The van der Waals surface area contributed by atoms with Crippen LogP contribution in [0.2, 0.25) is 0 Å². The zero-order valence-electron chi connectivity index (χ0n) is 10.2. The second kappa shape index (κ2) is 5.17. The molecule has 1 heterocycles. The van der Waals surface area contributed by atoms with Gasteiger partial charge in [0.05, 0.1) is 11.5 Å². The number of carboxylic acids is 1. The van der Waals surface area contributed by atoms with Gasteiger partial charge in [0.1, 0.15) is 11.5 Å². The highest BCUT2D eigenvalue weighted by atomic mass is 16.4. The van der Waals surface area contributed by atoms with Crippen LogP contribution in [0.3, 0.4) is 0 Å². The second-order valence-electron chi connectivity index (χ2n) is 4.63. The van der Waals surface area contributed by atoms with Gasteiger partial charge in [0.2, 0.25) is 0 Å². The number of hydrogen-bond acceptors (Lipinski definition) is 4. The number of aliphatic carboxylic acids is 1. The first kappa shape index (κ1) is 13.2. The van der Waals surface area contributed by atoms with Crippen molar-refractivity contribution in [1.29, 1.82) is 0 Å². The number of aromatic hydroxyl groups is 2.